The van der Waals surface area contributed by atoms with Crippen molar-refractivity contribution in [3.8, 4) is 5.75 Å². The molecule has 0 spiro atoms. The third kappa shape index (κ3) is 3.75. The van der Waals surface area contributed by atoms with Gasteiger partial charge in [0.25, 0.3) is 5.91 Å². The summed E-state index contributed by atoms with van der Waals surface area (Å²) in [6.45, 7) is 2.06. The molecule has 130 valence electrons. The molecule has 0 aromatic heterocycles. The Balaban J connectivity index is 1.66. The number of carbonyl (C=O) groups excluding carboxylic acids is 2. The number of halogens is 1. The van der Waals surface area contributed by atoms with Crippen LogP contribution in [0.3, 0.4) is 0 Å². The van der Waals surface area contributed by atoms with E-state index in [4.69, 9.17) is 22.1 Å². The van der Waals surface area contributed by atoms with Crippen molar-refractivity contribution in [2.24, 2.45) is 5.73 Å². The van der Waals surface area contributed by atoms with Crippen molar-refractivity contribution < 1.29 is 14.3 Å². The zero-order chi connectivity index (χ0) is 17.1. The largest absolute Gasteiger partial charge is 0.490 e. The fraction of sp³-hybridized carbons (Fsp3) is 0.529. The molecule has 1 heterocycles. The Morgan fingerprint density at radius 2 is 1.79 bits per heavy atom. The highest BCUT2D eigenvalue weighted by Crippen LogP contribution is 2.29. The Labute approximate surface area is 146 Å². The van der Waals surface area contributed by atoms with Crippen molar-refractivity contribution in [1.82, 2.24) is 9.80 Å². The molecule has 1 aliphatic carbocycles. The maximum absolute atomic E-state index is 12.7. The molecule has 3 rings (SSSR count). The number of nitrogens with zero attached hydrogens (tertiary/aromatic N) is 2. The number of hydrogen-bond donors (Lipinski definition) is 1. The van der Waals surface area contributed by atoms with E-state index in [1.54, 1.807) is 28.0 Å². The molecule has 3 amide bonds. The molecule has 1 aliphatic heterocycles. The highest BCUT2D eigenvalue weighted by molar-refractivity contribution is 6.34. The summed E-state index contributed by atoms with van der Waals surface area (Å²) in [5.41, 5.74) is 5.78. The molecule has 1 saturated carbocycles. The lowest BCUT2D eigenvalue weighted by atomic mass is 9.96. The van der Waals surface area contributed by atoms with Crippen LogP contribution in [0.25, 0.3) is 0 Å². The fourth-order valence-corrected chi connectivity index (χ4v) is 3.19. The van der Waals surface area contributed by atoms with Gasteiger partial charge in [-0.1, -0.05) is 11.6 Å². The average molecular weight is 352 g/mol. The van der Waals surface area contributed by atoms with Crippen LogP contribution in [0.2, 0.25) is 5.02 Å². The molecular weight excluding hydrogens is 330 g/mol. The lowest BCUT2D eigenvalue weighted by Crippen LogP contribution is -2.39. The van der Waals surface area contributed by atoms with Gasteiger partial charge in [-0.05, 0) is 43.9 Å². The molecule has 2 N–H and O–H groups in total. The number of rotatable bonds is 3. The zero-order valence-corrected chi connectivity index (χ0v) is 14.3. The molecular formula is C17H22ClN3O3. The molecule has 2 aliphatic rings. The van der Waals surface area contributed by atoms with E-state index >= 15 is 0 Å². The summed E-state index contributed by atoms with van der Waals surface area (Å²) in [5.74, 6) is 0.582. The summed E-state index contributed by atoms with van der Waals surface area (Å²) < 4.78 is 5.80. The summed E-state index contributed by atoms with van der Waals surface area (Å²) >= 11 is 6.30. The summed E-state index contributed by atoms with van der Waals surface area (Å²) in [7, 11) is 0. The topological polar surface area (TPSA) is 75.9 Å². The first-order chi connectivity index (χ1) is 11.5. The average Bonchev–Trinajstić information content (AvgIpc) is 2.76. The van der Waals surface area contributed by atoms with E-state index in [0.717, 1.165) is 12.8 Å². The smallest absolute Gasteiger partial charge is 0.314 e. The molecule has 0 bridgehead atoms. The lowest BCUT2D eigenvalue weighted by Gasteiger charge is -2.26. The van der Waals surface area contributed by atoms with Crippen LogP contribution in [-0.2, 0) is 0 Å². The highest BCUT2D eigenvalue weighted by atomic mass is 35.5. The van der Waals surface area contributed by atoms with Gasteiger partial charge in [-0.25, -0.2) is 4.79 Å². The van der Waals surface area contributed by atoms with Crippen molar-refractivity contribution in [3.63, 3.8) is 0 Å². The van der Waals surface area contributed by atoms with Crippen molar-refractivity contribution in [2.75, 3.05) is 26.2 Å². The number of benzene rings is 1. The van der Waals surface area contributed by atoms with Gasteiger partial charge in [-0.3, -0.25) is 4.79 Å². The third-order valence-corrected chi connectivity index (χ3v) is 4.93. The number of hydrogen-bond acceptors (Lipinski definition) is 3. The van der Waals surface area contributed by atoms with Crippen LogP contribution >= 0.6 is 11.6 Å². The standard InChI is InChI=1S/C17H22ClN3O3/c18-15-11-13(24-12-3-1-4-12)5-6-14(15)16(22)20-7-2-8-21(10-9-20)17(19)23/h5-6,11-12H,1-4,7-10H2,(H2,19,23). The molecule has 0 atom stereocenters. The van der Waals surface area contributed by atoms with Gasteiger partial charge in [0.2, 0.25) is 0 Å². The Hall–Kier alpha value is -1.95. The van der Waals surface area contributed by atoms with E-state index in [0.29, 0.717) is 48.9 Å². The Kier molecular flexibility index (Phi) is 5.14. The van der Waals surface area contributed by atoms with E-state index in [2.05, 4.69) is 0 Å². The summed E-state index contributed by atoms with van der Waals surface area (Å²) in [6.07, 6.45) is 4.32. The van der Waals surface area contributed by atoms with E-state index in [9.17, 15) is 9.59 Å². The quantitative estimate of drug-likeness (QED) is 0.909. The second-order valence-electron chi connectivity index (χ2n) is 6.28. The van der Waals surface area contributed by atoms with Gasteiger partial charge in [0, 0.05) is 26.2 Å². The molecule has 1 saturated heterocycles. The van der Waals surface area contributed by atoms with Crippen LogP contribution in [0.15, 0.2) is 18.2 Å². The monoisotopic (exact) mass is 351 g/mol. The minimum Gasteiger partial charge on any atom is -0.490 e. The highest BCUT2D eigenvalue weighted by Gasteiger charge is 2.24. The van der Waals surface area contributed by atoms with Gasteiger partial charge in [0.05, 0.1) is 16.7 Å². The summed E-state index contributed by atoms with van der Waals surface area (Å²) in [6, 6.07) is 4.78. The van der Waals surface area contributed by atoms with Crippen LogP contribution in [0.5, 0.6) is 5.75 Å². The normalized spacial score (nSPS) is 18.7. The predicted molar refractivity (Wildman–Crippen MR) is 91.4 cm³/mol. The first-order valence-corrected chi connectivity index (χ1v) is 8.72. The van der Waals surface area contributed by atoms with Crippen LogP contribution in [0.4, 0.5) is 4.79 Å². The van der Waals surface area contributed by atoms with Crippen molar-refractivity contribution in [3.05, 3.63) is 28.8 Å². The van der Waals surface area contributed by atoms with Crippen molar-refractivity contribution in [1.29, 1.82) is 0 Å². The second kappa shape index (κ2) is 7.30. The second-order valence-corrected chi connectivity index (χ2v) is 6.69. The van der Waals surface area contributed by atoms with Gasteiger partial charge >= 0.3 is 6.03 Å². The van der Waals surface area contributed by atoms with Crippen molar-refractivity contribution >= 4 is 23.5 Å². The lowest BCUT2D eigenvalue weighted by molar-refractivity contribution is 0.0762. The molecule has 7 heteroatoms. The van der Waals surface area contributed by atoms with E-state index in [-0.39, 0.29) is 12.0 Å². The number of amides is 3. The number of carbonyl (C=O) groups is 2. The maximum atomic E-state index is 12.7. The van der Waals surface area contributed by atoms with Crippen LogP contribution in [-0.4, -0.2) is 54.0 Å². The molecule has 24 heavy (non-hydrogen) atoms. The van der Waals surface area contributed by atoms with E-state index in [1.165, 1.54) is 6.42 Å². The zero-order valence-electron chi connectivity index (χ0n) is 13.5. The molecule has 1 aromatic carbocycles. The molecule has 6 nitrogen and oxygen atoms in total. The Morgan fingerprint density at radius 3 is 2.42 bits per heavy atom. The molecule has 2 fully saturated rings. The van der Waals surface area contributed by atoms with E-state index in [1.807, 2.05) is 0 Å². The maximum Gasteiger partial charge on any atom is 0.314 e. The first-order valence-electron chi connectivity index (χ1n) is 8.34. The summed E-state index contributed by atoms with van der Waals surface area (Å²) in [4.78, 5) is 27.3. The molecule has 0 radical (unpaired) electrons. The van der Waals surface area contributed by atoms with Gasteiger partial charge in [0.15, 0.2) is 0 Å². The minimum atomic E-state index is -0.445. The van der Waals surface area contributed by atoms with E-state index < -0.39 is 6.03 Å². The summed E-state index contributed by atoms with van der Waals surface area (Å²) in [5, 5.41) is 0.396. The fourth-order valence-electron chi connectivity index (χ4n) is 2.93. The van der Waals surface area contributed by atoms with Crippen LogP contribution in [0.1, 0.15) is 36.0 Å². The van der Waals surface area contributed by atoms with Crippen LogP contribution < -0.4 is 10.5 Å². The number of primary amides is 1. The first kappa shape index (κ1) is 16.9. The Morgan fingerprint density at radius 1 is 1.08 bits per heavy atom. The predicted octanol–water partition coefficient (Wildman–Crippen LogP) is 2.50. The SMILES string of the molecule is NC(=O)N1CCCN(C(=O)c2ccc(OC3CCC3)cc2Cl)CC1. The third-order valence-electron chi connectivity index (χ3n) is 4.62. The van der Waals surface area contributed by atoms with Gasteiger partial charge < -0.3 is 20.3 Å². The van der Waals surface area contributed by atoms with Gasteiger partial charge in [-0.15, -0.1) is 0 Å². The van der Waals surface area contributed by atoms with Crippen molar-refractivity contribution in [2.45, 2.75) is 31.8 Å². The van der Waals surface area contributed by atoms with Gasteiger partial charge in [-0.2, -0.15) is 0 Å². The van der Waals surface area contributed by atoms with Crippen LogP contribution in [0, 0.1) is 0 Å². The molecule has 1 aromatic rings. The number of urea groups is 1. The van der Waals surface area contributed by atoms with Gasteiger partial charge in [0.1, 0.15) is 5.75 Å². The number of nitrogens with two attached hydrogens (primary N) is 1. The molecule has 0 unspecified atom stereocenters. The number of ether oxygens (including phenoxy) is 1. The Bertz CT molecular complexity index is 634. The minimum absolute atomic E-state index is 0.124.